The topological polar surface area (TPSA) is 60.5 Å². The Hall–Kier alpha value is -2.56. The van der Waals surface area contributed by atoms with Crippen LogP contribution in [0.15, 0.2) is 42.6 Å². The molecule has 0 saturated carbocycles. The molecule has 19 heavy (non-hydrogen) atoms. The largest absolute Gasteiger partial charge is 0.497 e. The van der Waals surface area contributed by atoms with Crippen molar-refractivity contribution in [3.8, 4) is 11.6 Å². The van der Waals surface area contributed by atoms with Crippen LogP contribution in [-0.2, 0) is 0 Å². The van der Waals surface area contributed by atoms with E-state index < -0.39 is 0 Å². The first kappa shape index (κ1) is 12.9. The minimum absolute atomic E-state index is 0.222. The summed E-state index contributed by atoms with van der Waals surface area (Å²) in [5, 5.41) is 2.77. The Bertz CT molecular complexity index is 550. The highest BCUT2D eigenvalue weighted by Gasteiger charge is 2.06. The molecular formula is C14H14N2O3. The zero-order chi connectivity index (χ0) is 13.7. The van der Waals surface area contributed by atoms with E-state index in [0.29, 0.717) is 17.1 Å². The van der Waals surface area contributed by atoms with Crippen LogP contribution < -0.4 is 14.8 Å². The summed E-state index contributed by atoms with van der Waals surface area (Å²) in [6.45, 7) is 0. The SMILES string of the molecule is COc1ccc(NC(=O)c2ccc(OC)nc2)cc1. The van der Waals surface area contributed by atoms with Crippen LogP contribution in [0.5, 0.6) is 11.6 Å². The lowest BCUT2D eigenvalue weighted by atomic mass is 10.2. The summed E-state index contributed by atoms with van der Waals surface area (Å²) in [7, 11) is 3.12. The van der Waals surface area contributed by atoms with Crippen molar-refractivity contribution >= 4 is 11.6 Å². The molecule has 0 unspecified atom stereocenters. The number of benzene rings is 1. The first-order chi connectivity index (χ1) is 9.22. The van der Waals surface area contributed by atoms with Gasteiger partial charge in [0.15, 0.2) is 0 Å². The molecule has 0 aliphatic heterocycles. The van der Waals surface area contributed by atoms with E-state index in [1.54, 1.807) is 43.5 Å². The number of carbonyl (C=O) groups excluding carboxylic acids is 1. The Balaban J connectivity index is 2.06. The number of nitrogens with zero attached hydrogens (tertiary/aromatic N) is 1. The standard InChI is InChI=1S/C14H14N2O3/c1-18-12-6-4-11(5-7-12)16-14(17)10-3-8-13(19-2)15-9-10/h3-9H,1-2H3,(H,16,17). The van der Waals surface area contributed by atoms with E-state index in [1.165, 1.54) is 13.3 Å². The van der Waals surface area contributed by atoms with Crippen LogP contribution in [-0.4, -0.2) is 25.1 Å². The van der Waals surface area contributed by atoms with Gasteiger partial charge >= 0.3 is 0 Å². The summed E-state index contributed by atoms with van der Waals surface area (Å²) < 4.78 is 9.98. The van der Waals surface area contributed by atoms with Crippen molar-refractivity contribution in [2.75, 3.05) is 19.5 Å². The molecule has 0 aliphatic rings. The molecule has 0 aliphatic carbocycles. The van der Waals surface area contributed by atoms with Gasteiger partial charge in [0.05, 0.1) is 19.8 Å². The first-order valence-electron chi connectivity index (χ1n) is 5.68. The van der Waals surface area contributed by atoms with E-state index in [0.717, 1.165) is 5.75 Å². The maximum Gasteiger partial charge on any atom is 0.257 e. The van der Waals surface area contributed by atoms with E-state index in [-0.39, 0.29) is 5.91 Å². The van der Waals surface area contributed by atoms with Gasteiger partial charge in [-0.25, -0.2) is 4.98 Å². The summed E-state index contributed by atoms with van der Waals surface area (Å²) in [6.07, 6.45) is 1.47. The maximum absolute atomic E-state index is 11.9. The molecule has 5 nitrogen and oxygen atoms in total. The second-order valence-electron chi connectivity index (χ2n) is 3.77. The number of hydrogen-bond acceptors (Lipinski definition) is 4. The fourth-order valence-electron chi connectivity index (χ4n) is 1.51. The number of pyridine rings is 1. The van der Waals surface area contributed by atoms with E-state index in [9.17, 15) is 4.79 Å². The molecule has 1 heterocycles. The van der Waals surface area contributed by atoms with Crippen molar-refractivity contribution in [2.45, 2.75) is 0 Å². The molecule has 1 amide bonds. The van der Waals surface area contributed by atoms with Crippen LogP contribution in [0.25, 0.3) is 0 Å². The van der Waals surface area contributed by atoms with Gasteiger partial charge in [-0.2, -0.15) is 0 Å². The number of methoxy groups -OCH3 is 2. The third-order valence-electron chi connectivity index (χ3n) is 2.56. The minimum atomic E-state index is -0.222. The molecule has 0 fully saturated rings. The van der Waals surface area contributed by atoms with Gasteiger partial charge in [-0.1, -0.05) is 0 Å². The van der Waals surface area contributed by atoms with Crippen molar-refractivity contribution in [3.05, 3.63) is 48.2 Å². The average molecular weight is 258 g/mol. The molecule has 0 bridgehead atoms. The second kappa shape index (κ2) is 5.86. The summed E-state index contributed by atoms with van der Waals surface area (Å²) in [4.78, 5) is 15.9. The second-order valence-corrected chi connectivity index (χ2v) is 3.77. The van der Waals surface area contributed by atoms with Gasteiger partial charge < -0.3 is 14.8 Å². The molecule has 0 radical (unpaired) electrons. The fraction of sp³-hybridized carbons (Fsp3) is 0.143. The van der Waals surface area contributed by atoms with Crippen molar-refractivity contribution in [1.29, 1.82) is 0 Å². The fourth-order valence-corrected chi connectivity index (χ4v) is 1.51. The smallest absolute Gasteiger partial charge is 0.257 e. The third kappa shape index (κ3) is 3.22. The van der Waals surface area contributed by atoms with Crippen LogP contribution in [0.2, 0.25) is 0 Å². The lowest BCUT2D eigenvalue weighted by Gasteiger charge is -2.06. The van der Waals surface area contributed by atoms with Crippen LogP contribution >= 0.6 is 0 Å². The Morgan fingerprint density at radius 2 is 1.79 bits per heavy atom. The number of nitrogens with one attached hydrogen (secondary N) is 1. The number of rotatable bonds is 4. The van der Waals surface area contributed by atoms with Crippen molar-refractivity contribution in [2.24, 2.45) is 0 Å². The van der Waals surface area contributed by atoms with Gasteiger partial charge in [0.1, 0.15) is 5.75 Å². The lowest BCUT2D eigenvalue weighted by molar-refractivity contribution is 0.102. The highest BCUT2D eigenvalue weighted by atomic mass is 16.5. The van der Waals surface area contributed by atoms with E-state index >= 15 is 0 Å². The van der Waals surface area contributed by atoms with E-state index in [2.05, 4.69) is 10.3 Å². The number of hydrogen-bond donors (Lipinski definition) is 1. The average Bonchev–Trinajstić information content (AvgIpc) is 2.48. The zero-order valence-electron chi connectivity index (χ0n) is 10.7. The Kier molecular flexibility index (Phi) is 3.97. The normalized spacial score (nSPS) is 9.79. The summed E-state index contributed by atoms with van der Waals surface area (Å²) >= 11 is 0. The van der Waals surface area contributed by atoms with Crippen LogP contribution in [0, 0.1) is 0 Å². The number of anilines is 1. The number of aromatic nitrogens is 1. The van der Waals surface area contributed by atoms with Crippen LogP contribution in [0.1, 0.15) is 10.4 Å². The van der Waals surface area contributed by atoms with Gasteiger partial charge in [-0.05, 0) is 30.3 Å². The van der Waals surface area contributed by atoms with Crippen molar-refractivity contribution in [3.63, 3.8) is 0 Å². The molecule has 98 valence electrons. The molecule has 2 aromatic rings. The zero-order valence-corrected chi connectivity index (χ0v) is 10.7. The Morgan fingerprint density at radius 1 is 1.05 bits per heavy atom. The van der Waals surface area contributed by atoms with Gasteiger partial charge in [0.25, 0.3) is 5.91 Å². The molecule has 1 aromatic heterocycles. The molecule has 0 saturated heterocycles. The lowest BCUT2D eigenvalue weighted by Crippen LogP contribution is -2.12. The first-order valence-corrected chi connectivity index (χ1v) is 5.68. The van der Waals surface area contributed by atoms with Gasteiger partial charge in [0, 0.05) is 18.0 Å². The van der Waals surface area contributed by atoms with Crippen LogP contribution in [0.4, 0.5) is 5.69 Å². The van der Waals surface area contributed by atoms with Gasteiger partial charge in [-0.3, -0.25) is 4.79 Å². The Morgan fingerprint density at radius 3 is 2.32 bits per heavy atom. The quantitative estimate of drug-likeness (QED) is 0.914. The van der Waals surface area contributed by atoms with Gasteiger partial charge in [-0.15, -0.1) is 0 Å². The molecule has 0 spiro atoms. The number of carbonyl (C=O) groups is 1. The Labute approximate surface area is 111 Å². The predicted molar refractivity (Wildman–Crippen MR) is 71.7 cm³/mol. The third-order valence-corrected chi connectivity index (χ3v) is 2.56. The minimum Gasteiger partial charge on any atom is -0.497 e. The molecule has 1 aromatic carbocycles. The van der Waals surface area contributed by atoms with Gasteiger partial charge in [0.2, 0.25) is 5.88 Å². The summed E-state index contributed by atoms with van der Waals surface area (Å²) in [6, 6.07) is 10.4. The summed E-state index contributed by atoms with van der Waals surface area (Å²) in [5.41, 5.74) is 1.17. The van der Waals surface area contributed by atoms with Crippen molar-refractivity contribution < 1.29 is 14.3 Å². The molecule has 2 rings (SSSR count). The highest BCUT2D eigenvalue weighted by Crippen LogP contribution is 2.16. The predicted octanol–water partition coefficient (Wildman–Crippen LogP) is 2.35. The maximum atomic E-state index is 11.9. The molecule has 0 atom stereocenters. The number of ether oxygens (including phenoxy) is 2. The van der Waals surface area contributed by atoms with E-state index in [4.69, 9.17) is 9.47 Å². The molecular weight excluding hydrogens is 244 g/mol. The monoisotopic (exact) mass is 258 g/mol. The summed E-state index contributed by atoms with van der Waals surface area (Å²) in [5.74, 6) is 0.991. The van der Waals surface area contributed by atoms with Crippen LogP contribution in [0.3, 0.4) is 0 Å². The highest BCUT2D eigenvalue weighted by molar-refractivity contribution is 6.04. The van der Waals surface area contributed by atoms with Crippen molar-refractivity contribution in [1.82, 2.24) is 4.98 Å². The molecule has 1 N–H and O–H groups in total. The van der Waals surface area contributed by atoms with E-state index in [1.807, 2.05) is 0 Å². The number of amides is 1. The molecule has 5 heteroatoms.